The quantitative estimate of drug-likeness (QED) is 0.119. The molecule has 0 bridgehead atoms. The summed E-state index contributed by atoms with van der Waals surface area (Å²) in [6.45, 7) is 12.6. The summed E-state index contributed by atoms with van der Waals surface area (Å²) >= 11 is 9.02. The average molecular weight is 1240 g/mol. The van der Waals surface area contributed by atoms with E-state index in [1.807, 2.05) is 79.7 Å². The highest BCUT2D eigenvalue weighted by molar-refractivity contribution is 14.1. The first-order chi connectivity index (χ1) is 37.3. The van der Waals surface area contributed by atoms with Gasteiger partial charge in [-0.05, 0) is 207 Å². The van der Waals surface area contributed by atoms with Crippen LogP contribution in [0.2, 0.25) is 0 Å². The van der Waals surface area contributed by atoms with Crippen LogP contribution in [0, 0.1) is 81.1 Å². The maximum atomic E-state index is 5.15. The Morgan fingerprint density at radius 2 is 0.494 bits per heavy atom. The molecule has 77 heavy (non-hydrogen) atoms. The molecule has 0 aliphatic carbocycles. The first-order valence-corrected chi connectivity index (χ1v) is 28.2. The zero-order valence-corrected chi connectivity index (χ0v) is 50.0. The van der Waals surface area contributed by atoms with Crippen molar-refractivity contribution in [2.24, 2.45) is 0 Å². The molecule has 3 heteroatoms. The van der Waals surface area contributed by atoms with E-state index in [0.29, 0.717) is 0 Å². The third-order valence-electron chi connectivity index (χ3n) is 12.1. The van der Waals surface area contributed by atoms with E-state index in [2.05, 4.69) is 289 Å². The van der Waals surface area contributed by atoms with Gasteiger partial charge < -0.3 is 0 Å². The Bertz CT molecular complexity index is 3440. The van der Waals surface area contributed by atoms with Gasteiger partial charge in [0.2, 0.25) is 0 Å². The lowest BCUT2D eigenvalue weighted by molar-refractivity contribution is 0.959. The fourth-order valence-corrected chi connectivity index (χ4v) is 8.21. The Morgan fingerprint density at radius 1 is 0.286 bits per heavy atom. The average Bonchev–Trinajstić information content (AvgIpc) is 3.46. The molecule has 380 valence electrons. The molecular formula is C74H63Br2I. The van der Waals surface area contributed by atoms with E-state index in [-0.39, 0.29) is 0 Å². The lowest BCUT2D eigenvalue weighted by atomic mass is 9.99. The van der Waals surface area contributed by atoms with Crippen LogP contribution in [0.5, 0.6) is 0 Å². The Kier molecular flexibility index (Phi) is 24.1. The maximum absolute atomic E-state index is 5.15. The molecule has 0 radical (unpaired) electrons. The largest absolute Gasteiger partial charge is 0.115 e. The second kappa shape index (κ2) is 31.6. The number of hydrogen-bond acceptors (Lipinski definition) is 0. The Balaban J connectivity index is 0.000000164. The van der Waals surface area contributed by atoms with E-state index in [1.165, 1.54) is 70.3 Å². The van der Waals surface area contributed by atoms with Gasteiger partial charge in [-0.2, -0.15) is 0 Å². The molecular weight excluding hydrogens is 1180 g/mol. The summed E-state index contributed by atoms with van der Waals surface area (Å²) in [6, 6.07) is 84.2. The summed E-state index contributed by atoms with van der Waals surface area (Å²) in [4.78, 5) is 0. The van der Waals surface area contributed by atoms with Crippen LogP contribution < -0.4 is 0 Å². The topological polar surface area (TPSA) is 0 Å². The van der Waals surface area contributed by atoms with Gasteiger partial charge in [-0.25, -0.2) is 0 Å². The molecule has 0 unspecified atom stereocenters. The van der Waals surface area contributed by atoms with E-state index in [4.69, 9.17) is 6.42 Å². The van der Waals surface area contributed by atoms with Gasteiger partial charge in [-0.15, -0.1) is 6.42 Å². The van der Waals surface area contributed by atoms with Gasteiger partial charge in [0.1, 0.15) is 0 Å². The van der Waals surface area contributed by atoms with E-state index < -0.39 is 0 Å². The van der Waals surface area contributed by atoms with Crippen LogP contribution in [0.4, 0.5) is 0 Å². The monoisotopic (exact) mass is 1240 g/mol. The predicted octanol–water partition coefficient (Wildman–Crippen LogP) is 20.3. The summed E-state index contributed by atoms with van der Waals surface area (Å²) < 4.78 is 3.48. The highest BCUT2D eigenvalue weighted by Crippen LogP contribution is 2.22. The molecule has 0 amide bonds. The highest BCUT2D eigenvalue weighted by Gasteiger charge is 2.01. The molecule has 0 fully saturated rings. The van der Waals surface area contributed by atoms with Crippen LogP contribution in [0.3, 0.4) is 0 Å². The number of benzene rings is 10. The summed E-state index contributed by atoms with van der Waals surface area (Å²) in [5, 5.41) is 0. The van der Waals surface area contributed by atoms with Gasteiger partial charge in [0.05, 0.1) is 0 Å². The molecule has 10 aromatic carbocycles. The SMILES string of the molecule is Brc1ccc(I)cc1.C#Cc1ccc(C)cc1.Cc1ccc(C#Cc2ccc(-c3ccc(C)cc3)cc2)cc1.Cc1ccc(C#Cc2ccc(Br)cc2)cc1.Cc1ccc(CCc2ccc(-c3ccc(C)cc3)cc2)cc1. The first kappa shape index (κ1) is 58.8. The van der Waals surface area contributed by atoms with Crippen molar-refractivity contribution in [1.82, 2.24) is 0 Å². The molecule has 0 aromatic heterocycles. The third-order valence-corrected chi connectivity index (χ3v) is 13.9. The van der Waals surface area contributed by atoms with Gasteiger partial charge in [0, 0.05) is 40.3 Å². The van der Waals surface area contributed by atoms with E-state index in [1.54, 1.807) is 0 Å². The van der Waals surface area contributed by atoms with Gasteiger partial charge in [-0.1, -0.05) is 240 Å². The van der Waals surface area contributed by atoms with Gasteiger partial charge in [-0.3, -0.25) is 0 Å². The number of hydrogen-bond donors (Lipinski definition) is 0. The van der Waals surface area contributed by atoms with Crippen LogP contribution in [0.25, 0.3) is 22.3 Å². The standard InChI is InChI=1S/C22H22.C22H18.C15H11Br.C9H8.C6H4BrI/c2*1-17-3-7-19(8-4-17)9-10-20-11-15-22(16-12-20)21-13-5-18(2)6-14-21;1-12-2-4-13(5-3-12)6-7-14-8-10-15(16)11-9-14;1-3-9-6-4-8(2)5-7-9;7-5-1-3-6(8)4-2-5/h3-8,11-16H,9-10H2,1-2H3;3-8,11-16H,1-2H3;2-5,8-11H,1H3;1,4-7H,2H3;1-4H. The van der Waals surface area contributed by atoms with E-state index >= 15 is 0 Å². The normalized spacial score (nSPS) is 9.77. The van der Waals surface area contributed by atoms with Crippen LogP contribution in [-0.2, 0) is 12.8 Å². The molecule has 0 spiro atoms. The summed E-state index contributed by atoms with van der Waals surface area (Å²) in [5.74, 6) is 15.3. The van der Waals surface area contributed by atoms with E-state index in [0.717, 1.165) is 49.6 Å². The lowest BCUT2D eigenvalue weighted by Gasteiger charge is -2.06. The predicted molar refractivity (Wildman–Crippen MR) is 346 cm³/mol. The molecule has 0 aliphatic rings. The molecule has 0 nitrogen and oxygen atoms in total. The zero-order valence-electron chi connectivity index (χ0n) is 44.7. The molecule has 10 aromatic rings. The smallest absolute Gasteiger partial charge is 0.0249 e. The minimum Gasteiger partial charge on any atom is -0.115 e. The molecule has 10 rings (SSSR count). The summed E-state index contributed by atoms with van der Waals surface area (Å²) in [7, 11) is 0. The lowest BCUT2D eigenvalue weighted by Crippen LogP contribution is -1.91. The van der Waals surface area contributed by atoms with Gasteiger partial charge >= 0.3 is 0 Å². The van der Waals surface area contributed by atoms with Crippen molar-refractivity contribution in [2.75, 3.05) is 0 Å². The summed E-state index contributed by atoms with van der Waals surface area (Å²) in [5.41, 5.74) is 20.6. The van der Waals surface area contributed by atoms with Gasteiger partial charge in [0.25, 0.3) is 0 Å². The van der Waals surface area contributed by atoms with Gasteiger partial charge in [0.15, 0.2) is 0 Å². The number of rotatable bonds is 5. The fraction of sp³-hybridized carbons (Fsp3) is 0.108. The van der Waals surface area contributed by atoms with Crippen molar-refractivity contribution in [2.45, 2.75) is 54.4 Å². The van der Waals surface area contributed by atoms with Crippen LogP contribution in [0.1, 0.15) is 72.3 Å². The number of aryl methyl sites for hydroxylation is 8. The highest BCUT2D eigenvalue weighted by atomic mass is 127. The molecule has 0 atom stereocenters. The zero-order chi connectivity index (χ0) is 54.8. The van der Waals surface area contributed by atoms with Crippen molar-refractivity contribution >= 4 is 54.5 Å². The molecule has 0 aliphatic heterocycles. The second-order valence-electron chi connectivity index (χ2n) is 18.7. The van der Waals surface area contributed by atoms with Crippen LogP contribution in [0.15, 0.2) is 252 Å². The second-order valence-corrected chi connectivity index (χ2v) is 21.8. The van der Waals surface area contributed by atoms with Crippen LogP contribution >= 0.6 is 54.5 Å². The number of terminal acetylenes is 1. The van der Waals surface area contributed by atoms with Crippen molar-refractivity contribution in [3.05, 3.63) is 327 Å². The Morgan fingerprint density at radius 3 is 0.792 bits per heavy atom. The third kappa shape index (κ3) is 22.0. The number of halogens is 3. The van der Waals surface area contributed by atoms with Crippen LogP contribution in [-0.4, -0.2) is 0 Å². The molecule has 0 saturated heterocycles. The minimum atomic E-state index is 0.945. The van der Waals surface area contributed by atoms with Crippen molar-refractivity contribution < 1.29 is 0 Å². The maximum Gasteiger partial charge on any atom is 0.0249 e. The van der Waals surface area contributed by atoms with Crippen molar-refractivity contribution in [1.29, 1.82) is 0 Å². The van der Waals surface area contributed by atoms with Crippen molar-refractivity contribution in [3.63, 3.8) is 0 Å². The fourth-order valence-electron chi connectivity index (χ4n) is 7.32. The van der Waals surface area contributed by atoms with Crippen molar-refractivity contribution in [3.8, 4) is 58.3 Å². The molecule has 0 saturated carbocycles. The Labute approximate surface area is 490 Å². The molecule has 0 N–H and O–H groups in total. The minimum absolute atomic E-state index is 0.945. The summed E-state index contributed by atoms with van der Waals surface area (Å²) in [6.07, 6.45) is 7.35. The Hall–Kier alpha value is -7.43. The molecule has 0 heterocycles. The van der Waals surface area contributed by atoms with E-state index in [9.17, 15) is 0 Å². The first-order valence-electron chi connectivity index (χ1n) is 25.5.